The first-order valence-electron chi connectivity index (χ1n) is 7.50. The van der Waals surface area contributed by atoms with Crippen molar-refractivity contribution in [1.82, 2.24) is 4.90 Å². The molecular weight excluding hydrogens is 343 g/mol. The van der Waals surface area contributed by atoms with Crippen LogP contribution in [0, 0.1) is 0 Å². The Balaban J connectivity index is 2.23. The molecule has 1 aromatic carbocycles. The van der Waals surface area contributed by atoms with Crippen molar-refractivity contribution in [1.29, 1.82) is 0 Å². The smallest absolute Gasteiger partial charge is 0.369 e. The first-order chi connectivity index (χ1) is 11.2. The van der Waals surface area contributed by atoms with Crippen LogP contribution in [0.1, 0.15) is 31.7 Å². The number of rotatable bonds is 1. The topological polar surface area (TPSA) is 80.0 Å². The summed E-state index contributed by atoms with van der Waals surface area (Å²) < 4.78 is 38.5. The van der Waals surface area contributed by atoms with Crippen LogP contribution in [0.3, 0.4) is 0 Å². The molecule has 1 heterocycles. The van der Waals surface area contributed by atoms with Crippen molar-refractivity contribution in [2.75, 3.05) is 6.54 Å². The average molecular weight is 362 g/mol. The summed E-state index contributed by atoms with van der Waals surface area (Å²) in [5.41, 5.74) is 10.7. The van der Waals surface area contributed by atoms with Crippen LogP contribution >= 0.6 is 11.6 Å². The van der Waals surface area contributed by atoms with Gasteiger partial charge in [-0.2, -0.15) is 18.2 Å². The number of benzene rings is 1. The highest BCUT2D eigenvalue weighted by atomic mass is 35.5. The molecule has 0 aromatic heterocycles. The van der Waals surface area contributed by atoms with E-state index in [0.717, 1.165) is 37.9 Å². The number of guanidine groups is 2. The molecule has 1 aromatic rings. The maximum atomic E-state index is 12.8. The van der Waals surface area contributed by atoms with Gasteiger partial charge in [-0.25, -0.2) is 4.99 Å². The standard InChI is InChI=1S/C15H19ClF3N5/c1-9-4-2-3-7-24(9)14(21)23-13(20)22-10-5-6-12(16)11(8-10)15(17,18)19/h5-6,8-9H,2-4,7H2,1H3,(H4,20,21,22,23). The Morgan fingerprint density at radius 1 is 1.29 bits per heavy atom. The minimum Gasteiger partial charge on any atom is -0.369 e. The summed E-state index contributed by atoms with van der Waals surface area (Å²) in [4.78, 5) is 9.78. The van der Waals surface area contributed by atoms with E-state index in [1.54, 1.807) is 0 Å². The van der Waals surface area contributed by atoms with Gasteiger partial charge in [0.2, 0.25) is 5.96 Å². The predicted molar refractivity (Wildman–Crippen MR) is 89.4 cm³/mol. The molecule has 5 nitrogen and oxygen atoms in total. The monoisotopic (exact) mass is 361 g/mol. The second-order valence-electron chi connectivity index (χ2n) is 5.64. The van der Waals surface area contributed by atoms with Crippen LogP contribution in [0.15, 0.2) is 28.2 Å². The lowest BCUT2D eigenvalue weighted by Gasteiger charge is -2.34. The van der Waals surface area contributed by atoms with Gasteiger partial charge in [0, 0.05) is 12.6 Å². The fourth-order valence-electron chi connectivity index (χ4n) is 2.58. The molecule has 9 heteroatoms. The molecule has 132 valence electrons. The molecule has 0 bridgehead atoms. The Bertz CT molecular complexity index is 657. The summed E-state index contributed by atoms with van der Waals surface area (Å²) in [5, 5.41) is -0.398. The van der Waals surface area contributed by atoms with Crippen molar-refractivity contribution >= 4 is 29.2 Å². The molecule has 4 N–H and O–H groups in total. The van der Waals surface area contributed by atoms with Gasteiger partial charge in [-0.3, -0.25) is 0 Å². The first kappa shape index (κ1) is 18.4. The van der Waals surface area contributed by atoms with Gasteiger partial charge in [-0.15, -0.1) is 0 Å². The second kappa shape index (κ2) is 7.29. The number of likely N-dealkylation sites (tertiary alicyclic amines) is 1. The van der Waals surface area contributed by atoms with Crippen LogP contribution in [-0.4, -0.2) is 29.4 Å². The molecule has 0 radical (unpaired) electrons. The zero-order chi connectivity index (χ0) is 17.9. The number of hydrogen-bond acceptors (Lipinski definition) is 1. The maximum Gasteiger partial charge on any atom is 0.417 e. The summed E-state index contributed by atoms with van der Waals surface area (Å²) in [6.45, 7) is 2.80. The molecule has 0 aliphatic carbocycles. The van der Waals surface area contributed by atoms with Gasteiger partial charge in [-0.1, -0.05) is 11.6 Å². The second-order valence-corrected chi connectivity index (χ2v) is 6.05. The third-order valence-corrected chi connectivity index (χ3v) is 4.15. The van der Waals surface area contributed by atoms with E-state index in [9.17, 15) is 13.2 Å². The highest BCUT2D eigenvalue weighted by Gasteiger charge is 2.33. The van der Waals surface area contributed by atoms with E-state index in [4.69, 9.17) is 23.1 Å². The SMILES string of the molecule is CC1CCCCN1/C(N)=N/C(N)=Nc1ccc(Cl)c(C(F)(F)F)c1. The van der Waals surface area contributed by atoms with Crippen molar-refractivity contribution in [3.8, 4) is 0 Å². The number of alkyl halides is 3. The van der Waals surface area contributed by atoms with Crippen LogP contribution in [0.4, 0.5) is 18.9 Å². The number of piperidine rings is 1. The molecule has 1 unspecified atom stereocenters. The van der Waals surface area contributed by atoms with E-state index < -0.39 is 16.8 Å². The number of aliphatic imine (C=N–C) groups is 2. The summed E-state index contributed by atoms with van der Waals surface area (Å²) >= 11 is 5.57. The molecule has 2 rings (SSSR count). The van der Waals surface area contributed by atoms with Gasteiger partial charge in [0.15, 0.2) is 5.96 Å². The zero-order valence-corrected chi connectivity index (χ0v) is 13.9. The van der Waals surface area contributed by atoms with E-state index in [2.05, 4.69) is 9.98 Å². The molecule has 24 heavy (non-hydrogen) atoms. The fraction of sp³-hybridized carbons (Fsp3) is 0.467. The Kier molecular flexibility index (Phi) is 5.58. The average Bonchev–Trinajstić information content (AvgIpc) is 2.48. The minimum absolute atomic E-state index is 0.00691. The normalized spacial score (nSPS) is 20.4. The Labute approximate surface area is 143 Å². The third-order valence-electron chi connectivity index (χ3n) is 3.83. The fourth-order valence-corrected chi connectivity index (χ4v) is 2.80. The van der Waals surface area contributed by atoms with Gasteiger partial charge < -0.3 is 16.4 Å². The van der Waals surface area contributed by atoms with E-state index in [1.807, 2.05) is 11.8 Å². The van der Waals surface area contributed by atoms with Crippen molar-refractivity contribution in [3.05, 3.63) is 28.8 Å². The van der Waals surface area contributed by atoms with Crippen molar-refractivity contribution in [2.24, 2.45) is 21.5 Å². The van der Waals surface area contributed by atoms with Crippen molar-refractivity contribution in [3.63, 3.8) is 0 Å². The molecule has 1 aliphatic heterocycles. The predicted octanol–water partition coefficient (Wildman–Crippen LogP) is 3.49. The Hall–Kier alpha value is -1.96. The number of hydrogen-bond donors (Lipinski definition) is 2. The molecule has 0 spiro atoms. The Morgan fingerprint density at radius 3 is 2.62 bits per heavy atom. The van der Waals surface area contributed by atoms with E-state index >= 15 is 0 Å². The zero-order valence-electron chi connectivity index (χ0n) is 13.1. The molecule has 0 saturated carbocycles. The summed E-state index contributed by atoms with van der Waals surface area (Å²) in [6.07, 6.45) is -1.44. The lowest BCUT2D eigenvalue weighted by Crippen LogP contribution is -2.46. The quantitative estimate of drug-likeness (QED) is 0.593. The van der Waals surface area contributed by atoms with Crippen molar-refractivity contribution in [2.45, 2.75) is 38.4 Å². The van der Waals surface area contributed by atoms with Crippen LogP contribution in [0.25, 0.3) is 0 Å². The molecular formula is C15H19ClF3N5. The lowest BCUT2D eigenvalue weighted by atomic mass is 10.0. The van der Waals surface area contributed by atoms with E-state index in [-0.39, 0.29) is 23.6 Å². The highest BCUT2D eigenvalue weighted by Crippen LogP contribution is 2.36. The van der Waals surface area contributed by atoms with Crippen molar-refractivity contribution < 1.29 is 13.2 Å². The lowest BCUT2D eigenvalue weighted by molar-refractivity contribution is -0.137. The molecule has 1 aliphatic rings. The Morgan fingerprint density at radius 2 is 2.00 bits per heavy atom. The number of nitrogens with two attached hydrogens (primary N) is 2. The van der Waals surface area contributed by atoms with E-state index in [0.29, 0.717) is 0 Å². The van der Waals surface area contributed by atoms with Crippen LogP contribution in [-0.2, 0) is 6.18 Å². The molecule has 1 fully saturated rings. The number of halogens is 4. The summed E-state index contributed by atoms with van der Waals surface area (Å²) in [7, 11) is 0. The summed E-state index contributed by atoms with van der Waals surface area (Å²) in [6, 6.07) is 3.52. The third kappa shape index (κ3) is 4.53. The number of nitrogens with zero attached hydrogens (tertiary/aromatic N) is 3. The first-order valence-corrected chi connectivity index (χ1v) is 7.88. The van der Waals surface area contributed by atoms with Crippen LogP contribution in [0.5, 0.6) is 0 Å². The molecule has 1 atom stereocenters. The molecule has 1 saturated heterocycles. The maximum absolute atomic E-state index is 12.8. The van der Waals surface area contributed by atoms with Crippen LogP contribution in [0.2, 0.25) is 5.02 Å². The highest BCUT2D eigenvalue weighted by molar-refractivity contribution is 6.31. The van der Waals surface area contributed by atoms with Crippen LogP contribution < -0.4 is 11.5 Å². The summed E-state index contributed by atoms with van der Waals surface area (Å²) in [5.74, 6) is 0.00850. The largest absolute Gasteiger partial charge is 0.417 e. The molecule has 0 amide bonds. The van der Waals surface area contributed by atoms with Gasteiger partial charge >= 0.3 is 6.18 Å². The van der Waals surface area contributed by atoms with E-state index in [1.165, 1.54) is 6.07 Å². The van der Waals surface area contributed by atoms with Gasteiger partial charge in [0.05, 0.1) is 16.3 Å². The minimum atomic E-state index is -4.57. The van der Waals surface area contributed by atoms with Gasteiger partial charge in [0.25, 0.3) is 0 Å². The van der Waals surface area contributed by atoms with Gasteiger partial charge in [-0.05, 0) is 44.4 Å². The van der Waals surface area contributed by atoms with Gasteiger partial charge in [0.1, 0.15) is 0 Å².